The van der Waals surface area contributed by atoms with E-state index >= 15 is 0 Å². The molecule has 0 saturated carbocycles. The van der Waals surface area contributed by atoms with Crippen LogP contribution in [-0.2, 0) is 0 Å². The highest BCUT2D eigenvalue weighted by atomic mass is 15.4. The molecule has 0 aromatic rings. The van der Waals surface area contributed by atoms with Crippen LogP contribution in [-0.4, -0.2) is 30.5 Å². The van der Waals surface area contributed by atoms with Crippen LogP contribution in [0.4, 0.5) is 0 Å². The Morgan fingerprint density at radius 3 is 2.53 bits per heavy atom. The molecule has 17 heavy (non-hydrogen) atoms. The fourth-order valence-electron chi connectivity index (χ4n) is 2.17. The highest BCUT2D eigenvalue weighted by molar-refractivity contribution is 5.79. The van der Waals surface area contributed by atoms with E-state index in [-0.39, 0.29) is 0 Å². The zero-order valence-corrected chi connectivity index (χ0v) is 12.0. The van der Waals surface area contributed by atoms with Crippen molar-refractivity contribution < 1.29 is 0 Å². The Bertz CT molecular complexity index is 265. The number of guanidine groups is 1. The number of nitrogens with two attached hydrogens (primary N) is 1. The third-order valence-corrected chi connectivity index (χ3v) is 3.45. The maximum absolute atomic E-state index is 5.57. The number of nitrogens with zero attached hydrogens (tertiary/aromatic N) is 2. The first kappa shape index (κ1) is 14.3. The van der Waals surface area contributed by atoms with Crippen LogP contribution in [0.5, 0.6) is 0 Å². The molecule has 3 N–H and O–H groups in total. The molecule has 0 aromatic heterocycles. The van der Waals surface area contributed by atoms with E-state index in [0.29, 0.717) is 11.3 Å². The Labute approximate surface area is 106 Å². The number of nitrogens with one attached hydrogen (secondary N) is 1. The second-order valence-electron chi connectivity index (χ2n) is 6.50. The molecule has 4 heteroatoms. The van der Waals surface area contributed by atoms with Gasteiger partial charge in [-0.2, -0.15) is 0 Å². The fraction of sp³-hybridized carbons (Fsp3) is 0.923. The van der Waals surface area contributed by atoms with Gasteiger partial charge in [-0.1, -0.05) is 34.6 Å². The summed E-state index contributed by atoms with van der Waals surface area (Å²) in [6.45, 7) is 14.2. The van der Waals surface area contributed by atoms with Crippen molar-refractivity contribution in [3.63, 3.8) is 0 Å². The van der Waals surface area contributed by atoms with E-state index in [1.807, 2.05) is 0 Å². The third kappa shape index (κ3) is 4.19. The van der Waals surface area contributed by atoms with Gasteiger partial charge in [-0.3, -0.25) is 10.4 Å². The number of hydrazine groups is 1. The predicted octanol–water partition coefficient (Wildman–Crippen LogP) is 1.83. The maximum atomic E-state index is 5.57. The van der Waals surface area contributed by atoms with Gasteiger partial charge in [0, 0.05) is 19.6 Å². The molecule has 0 bridgehead atoms. The SMILES string of the molecule is CC(C)CN=C(NN)N1CCC(C(C)(C)C)C1. The minimum Gasteiger partial charge on any atom is -0.342 e. The second-order valence-corrected chi connectivity index (χ2v) is 6.50. The number of hydrogen-bond donors (Lipinski definition) is 2. The quantitative estimate of drug-likeness (QED) is 0.335. The van der Waals surface area contributed by atoms with Crippen molar-refractivity contribution >= 4 is 5.96 Å². The van der Waals surface area contributed by atoms with Crippen LogP contribution >= 0.6 is 0 Å². The van der Waals surface area contributed by atoms with Gasteiger partial charge in [-0.05, 0) is 23.7 Å². The van der Waals surface area contributed by atoms with Crippen molar-refractivity contribution in [1.29, 1.82) is 0 Å². The average Bonchev–Trinajstić information content (AvgIpc) is 2.67. The molecule has 1 heterocycles. The third-order valence-electron chi connectivity index (χ3n) is 3.45. The van der Waals surface area contributed by atoms with Gasteiger partial charge in [-0.25, -0.2) is 5.84 Å². The van der Waals surface area contributed by atoms with E-state index in [1.165, 1.54) is 6.42 Å². The van der Waals surface area contributed by atoms with Crippen molar-refractivity contribution in [2.45, 2.75) is 41.0 Å². The summed E-state index contributed by atoms with van der Waals surface area (Å²) in [6.07, 6.45) is 1.23. The molecule has 100 valence electrons. The maximum Gasteiger partial charge on any atom is 0.208 e. The van der Waals surface area contributed by atoms with E-state index < -0.39 is 0 Å². The fourth-order valence-corrected chi connectivity index (χ4v) is 2.17. The zero-order chi connectivity index (χ0) is 13.1. The topological polar surface area (TPSA) is 53.6 Å². The highest BCUT2D eigenvalue weighted by Crippen LogP contribution is 2.33. The molecule has 1 aliphatic heterocycles. The largest absolute Gasteiger partial charge is 0.342 e. The van der Waals surface area contributed by atoms with Crippen LogP contribution in [0, 0.1) is 17.3 Å². The van der Waals surface area contributed by atoms with E-state index in [4.69, 9.17) is 5.84 Å². The first-order valence-electron chi connectivity index (χ1n) is 6.60. The molecule has 1 atom stereocenters. The highest BCUT2D eigenvalue weighted by Gasteiger charge is 2.32. The van der Waals surface area contributed by atoms with Crippen LogP contribution in [0.25, 0.3) is 0 Å². The predicted molar refractivity (Wildman–Crippen MR) is 73.6 cm³/mol. The van der Waals surface area contributed by atoms with E-state index in [9.17, 15) is 0 Å². The van der Waals surface area contributed by atoms with Crippen LogP contribution < -0.4 is 11.3 Å². The summed E-state index contributed by atoms with van der Waals surface area (Å²) in [5.74, 6) is 7.71. The van der Waals surface area contributed by atoms with Crippen LogP contribution in [0.3, 0.4) is 0 Å². The van der Waals surface area contributed by atoms with Gasteiger partial charge in [0.15, 0.2) is 0 Å². The summed E-state index contributed by atoms with van der Waals surface area (Å²) in [7, 11) is 0. The molecule has 4 nitrogen and oxygen atoms in total. The van der Waals surface area contributed by atoms with Gasteiger partial charge in [0.2, 0.25) is 5.96 Å². The monoisotopic (exact) mass is 240 g/mol. The molecule has 0 spiro atoms. The van der Waals surface area contributed by atoms with Crippen molar-refractivity contribution in [3.8, 4) is 0 Å². The summed E-state index contributed by atoms with van der Waals surface area (Å²) in [6, 6.07) is 0. The lowest BCUT2D eigenvalue weighted by Gasteiger charge is -2.27. The molecular weight excluding hydrogens is 212 g/mol. The Kier molecular flexibility index (Phi) is 4.80. The molecule has 1 aliphatic rings. The van der Waals surface area contributed by atoms with Crippen molar-refractivity contribution in [3.05, 3.63) is 0 Å². The summed E-state index contributed by atoms with van der Waals surface area (Å²) in [5.41, 5.74) is 3.11. The Morgan fingerprint density at radius 1 is 1.47 bits per heavy atom. The molecular formula is C13H28N4. The van der Waals surface area contributed by atoms with Gasteiger partial charge in [0.1, 0.15) is 0 Å². The second kappa shape index (κ2) is 5.71. The normalized spacial score (nSPS) is 22.4. The first-order chi connectivity index (χ1) is 7.84. The van der Waals surface area contributed by atoms with Crippen LogP contribution in [0.1, 0.15) is 41.0 Å². The average molecular weight is 240 g/mol. The standard InChI is InChI=1S/C13H28N4/c1-10(2)8-15-12(16-14)17-7-6-11(9-17)13(3,4)5/h10-11H,6-9,14H2,1-5H3,(H,15,16). The molecule has 1 fully saturated rings. The number of hydrogen-bond acceptors (Lipinski definition) is 2. The molecule has 1 rings (SSSR count). The lowest BCUT2D eigenvalue weighted by Crippen LogP contribution is -2.44. The van der Waals surface area contributed by atoms with Crippen molar-refractivity contribution in [2.75, 3.05) is 19.6 Å². The van der Waals surface area contributed by atoms with Crippen LogP contribution in [0.2, 0.25) is 0 Å². The number of likely N-dealkylation sites (tertiary alicyclic amines) is 1. The van der Waals surface area contributed by atoms with E-state index in [2.05, 4.69) is 49.9 Å². The minimum atomic E-state index is 0.368. The van der Waals surface area contributed by atoms with E-state index in [1.54, 1.807) is 0 Å². The van der Waals surface area contributed by atoms with Crippen LogP contribution in [0.15, 0.2) is 4.99 Å². The van der Waals surface area contributed by atoms with Gasteiger partial charge in [-0.15, -0.1) is 0 Å². The van der Waals surface area contributed by atoms with Crippen molar-refractivity contribution in [2.24, 2.45) is 28.1 Å². The summed E-state index contributed by atoms with van der Waals surface area (Å²) < 4.78 is 0. The lowest BCUT2D eigenvalue weighted by molar-refractivity contribution is 0.249. The molecule has 0 radical (unpaired) electrons. The Balaban J connectivity index is 2.59. The summed E-state index contributed by atoms with van der Waals surface area (Å²) >= 11 is 0. The zero-order valence-electron chi connectivity index (χ0n) is 12.0. The molecule has 0 aromatic carbocycles. The summed E-state index contributed by atoms with van der Waals surface area (Å²) in [4.78, 5) is 6.82. The molecule has 1 unspecified atom stereocenters. The summed E-state index contributed by atoms with van der Waals surface area (Å²) in [5, 5.41) is 0. The Hall–Kier alpha value is -0.770. The number of aliphatic imine (C=N–C) groups is 1. The van der Waals surface area contributed by atoms with Gasteiger partial charge < -0.3 is 4.90 Å². The van der Waals surface area contributed by atoms with Gasteiger partial charge in [0.05, 0.1) is 0 Å². The van der Waals surface area contributed by atoms with Gasteiger partial charge in [0.25, 0.3) is 0 Å². The molecule has 0 aliphatic carbocycles. The first-order valence-corrected chi connectivity index (χ1v) is 6.60. The minimum absolute atomic E-state index is 0.368. The van der Waals surface area contributed by atoms with Crippen molar-refractivity contribution in [1.82, 2.24) is 10.3 Å². The number of rotatable bonds is 2. The Morgan fingerprint density at radius 2 is 2.12 bits per heavy atom. The van der Waals surface area contributed by atoms with Gasteiger partial charge >= 0.3 is 0 Å². The van der Waals surface area contributed by atoms with E-state index in [0.717, 1.165) is 31.5 Å². The smallest absolute Gasteiger partial charge is 0.208 e. The molecule has 1 saturated heterocycles. The molecule has 0 amide bonds. The lowest BCUT2D eigenvalue weighted by atomic mass is 9.80.